The van der Waals surface area contributed by atoms with Crippen molar-refractivity contribution in [2.24, 2.45) is 0 Å². The van der Waals surface area contributed by atoms with Gasteiger partial charge in [-0.1, -0.05) is 11.6 Å². The Morgan fingerprint density at radius 2 is 2.24 bits per heavy atom. The molecule has 0 fully saturated rings. The van der Waals surface area contributed by atoms with E-state index >= 15 is 0 Å². The highest BCUT2D eigenvalue weighted by Crippen LogP contribution is 2.29. The topological polar surface area (TPSA) is 51.0 Å². The molecule has 0 atom stereocenters. The molecule has 0 bridgehead atoms. The highest BCUT2D eigenvalue weighted by atomic mass is 79.9. The van der Waals surface area contributed by atoms with E-state index in [0.717, 1.165) is 16.6 Å². The van der Waals surface area contributed by atoms with Gasteiger partial charge >= 0.3 is 0 Å². The predicted octanol–water partition coefficient (Wildman–Crippen LogP) is 2.91. The maximum Gasteiger partial charge on any atom is 0.248 e. The van der Waals surface area contributed by atoms with Gasteiger partial charge in [0.25, 0.3) is 0 Å². The Bertz CT molecular complexity index is 515. The molecule has 2 rings (SSSR count). The quantitative estimate of drug-likeness (QED) is 0.942. The molecule has 2 aromatic rings. The average molecular weight is 317 g/mol. The highest BCUT2D eigenvalue weighted by Gasteiger charge is 2.11. The van der Waals surface area contributed by atoms with E-state index in [0.29, 0.717) is 23.2 Å². The summed E-state index contributed by atoms with van der Waals surface area (Å²) < 4.78 is 6.44. The maximum atomic E-state index is 5.94. The van der Waals surface area contributed by atoms with Crippen molar-refractivity contribution in [2.75, 3.05) is 13.6 Å². The summed E-state index contributed by atoms with van der Waals surface area (Å²) in [5.74, 6) is 1.09. The Kier molecular flexibility index (Phi) is 4.15. The Morgan fingerprint density at radius 1 is 1.41 bits per heavy atom. The van der Waals surface area contributed by atoms with Gasteiger partial charge in [-0.15, -0.1) is 10.2 Å². The first-order valence-corrected chi connectivity index (χ1v) is 6.30. The van der Waals surface area contributed by atoms with Gasteiger partial charge in [0.05, 0.1) is 5.56 Å². The monoisotopic (exact) mass is 315 g/mol. The van der Waals surface area contributed by atoms with Crippen LogP contribution in [0.4, 0.5) is 0 Å². The van der Waals surface area contributed by atoms with Crippen LogP contribution in [0.15, 0.2) is 27.1 Å². The van der Waals surface area contributed by atoms with Crippen LogP contribution in [0.1, 0.15) is 5.89 Å². The molecule has 0 unspecified atom stereocenters. The molecule has 6 heteroatoms. The zero-order chi connectivity index (χ0) is 12.3. The first kappa shape index (κ1) is 12.5. The standard InChI is InChI=1S/C11H11BrClN3O/c1-14-5-4-10-15-16-11(17-10)8-6-7(13)2-3-9(8)12/h2-3,6,14H,4-5H2,1H3. The van der Waals surface area contributed by atoms with Crippen LogP contribution in [0.25, 0.3) is 11.5 Å². The van der Waals surface area contributed by atoms with Gasteiger partial charge in [0.15, 0.2) is 0 Å². The van der Waals surface area contributed by atoms with E-state index in [1.165, 1.54) is 0 Å². The van der Waals surface area contributed by atoms with Gasteiger partial charge in [-0.2, -0.15) is 0 Å². The van der Waals surface area contributed by atoms with E-state index in [9.17, 15) is 0 Å². The van der Waals surface area contributed by atoms with Crippen LogP contribution >= 0.6 is 27.5 Å². The van der Waals surface area contributed by atoms with Gasteiger partial charge in [0.1, 0.15) is 0 Å². The Hall–Kier alpha value is -0.910. The van der Waals surface area contributed by atoms with E-state index in [-0.39, 0.29) is 0 Å². The summed E-state index contributed by atoms with van der Waals surface area (Å²) in [7, 11) is 1.88. The van der Waals surface area contributed by atoms with Crippen LogP contribution in [0.3, 0.4) is 0 Å². The van der Waals surface area contributed by atoms with Gasteiger partial charge in [-0.05, 0) is 41.2 Å². The fourth-order valence-electron chi connectivity index (χ4n) is 1.36. The SMILES string of the molecule is CNCCc1nnc(-c2cc(Cl)ccc2Br)o1. The molecule has 0 amide bonds. The lowest BCUT2D eigenvalue weighted by atomic mass is 10.2. The number of halogens is 2. The van der Waals surface area contributed by atoms with Crippen molar-refractivity contribution < 1.29 is 4.42 Å². The smallest absolute Gasteiger partial charge is 0.248 e. The van der Waals surface area contributed by atoms with Gasteiger partial charge in [-0.3, -0.25) is 0 Å². The molecule has 17 heavy (non-hydrogen) atoms. The predicted molar refractivity (Wildman–Crippen MR) is 70.1 cm³/mol. The summed E-state index contributed by atoms with van der Waals surface area (Å²) in [6.45, 7) is 0.804. The molecule has 0 aliphatic carbocycles. The number of hydrogen-bond donors (Lipinski definition) is 1. The van der Waals surface area contributed by atoms with E-state index in [1.54, 1.807) is 12.1 Å². The molecule has 0 saturated carbocycles. The Labute approximate surface area is 113 Å². The zero-order valence-electron chi connectivity index (χ0n) is 9.20. The molecule has 0 saturated heterocycles. The molecular formula is C11H11BrClN3O. The Balaban J connectivity index is 2.27. The van der Waals surface area contributed by atoms with Crippen molar-refractivity contribution in [2.45, 2.75) is 6.42 Å². The van der Waals surface area contributed by atoms with E-state index in [2.05, 4.69) is 31.4 Å². The molecule has 0 spiro atoms. The second kappa shape index (κ2) is 5.62. The van der Waals surface area contributed by atoms with Crippen molar-refractivity contribution in [1.29, 1.82) is 0 Å². The van der Waals surface area contributed by atoms with E-state index in [1.807, 2.05) is 13.1 Å². The largest absolute Gasteiger partial charge is 0.421 e. The average Bonchev–Trinajstić information content (AvgIpc) is 2.78. The van der Waals surface area contributed by atoms with Crippen LogP contribution in [0.2, 0.25) is 5.02 Å². The molecule has 0 aliphatic rings. The number of benzene rings is 1. The molecule has 1 heterocycles. The number of aromatic nitrogens is 2. The summed E-state index contributed by atoms with van der Waals surface area (Å²) in [6.07, 6.45) is 0.710. The second-order valence-electron chi connectivity index (χ2n) is 3.48. The van der Waals surface area contributed by atoms with Crippen molar-refractivity contribution >= 4 is 27.5 Å². The van der Waals surface area contributed by atoms with Gasteiger partial charge in [0.2, 0.25) is 11.8 Å². The number of rotatable bonds is 4. The molecule has 4 nitrogen and oxygen atoms in total. The second-order valence-corrected chi connectivity index (χ2v) is 4.77. The summed E-state index contributed by atoms with van der Waals surface area (Å²) in [6, 6.07) is 5.45. The number of hydrogen-bond acceptors (Lipinski definition) is 4. The minimum absolute atomic E-state index is 0.477. The van der Waals surface area contributed by atoms with Crippen LogP contribution in [-0.4, -0.2) is 23.8 Å². The first-order valence-electron chi connectivity index (χ1n) is 5.13. The lowest BCUT2D eigenvalue weighted by molar-refractivity contribution is 0.500. The third-order valence-electron chi connectivity index (χ3n) is 2.21. The van der Waals surface area contributed by atoms with Crippen molar-refractivity contribution in [3.63, 3.8) is 0 Å². The van der Waals surface area contributed by atoms with Crippen molar-refractivity contribution in [3.8, 4) is 11.5 Å². The molecule has 1 aromatic heterocycles. The lowest BCUT2D eigenvalue weighted by Crippen LogP contribution is -2.10. The summed E-state index contributed by atoms with van der Waals surface area (Å²) in [5.41, 5.74) is 0.806. The molecule has 0 radical (unpaired) electrons. The first-order chi connectivity index (χ1) is 8.20. The van der Waals surface area contributed by atoms with Crippen molar-refractivity contribution in [3.05, 3.63) is 33.6 Å². The van der Waals surface area contributed by atoms with Gasteiger partial charge in [-0.25, -0.2) is 0 Å². The van der Waals surface area contributed by atoms with E-state index in [4.69, 9.17) is 16.0 Å². The summed E-state index contributed by atoms with van der Waals surface area (Å²) in [4.78, 5) is 0. The molecule has 1 N–H and O–H groups in total. The third kappa shape index (κ3) is 3.06. The van der Waals surface area contributed by atoms with E-state index < -0.39 is 0 Å². The number of likely N-dealkylation sites (N-methyl/N-ethyl adjacent to an activating group) is 1. The van der Waals surface area contributed by atoms with Crippen molar-refractivity contribution in [1.82, 2.24) is 15.5 Å². The van der Waals surface area contributed by atoms with Crippen LogP contribution in [0, 0.1) is 0 Å². The highest BCUT2D eigenvalue weighted by molar-refractivity contribution is 9.10. The molecule has 1 aromatic carbocycles. The van der Waals surface area contributed by atoms with Crippen LogP contribution in [0.5, 0.6) is 0 Å². The molecule has 0 aliphatic heterocycles. The molecule has 90 valence electrons. The van der Waals surface area contributed by atoms with Gasteiger partial charge in [0, 0.05) is 22.5 Å². The minimum Gasteiger partial charge on any atom is -0.421 e. The maximum absolute atomic E-state index is 5.94. The van der Waals surface area contributed by atoms with Crippen LogP contribution in [-0.2, 0) is 6.42 Å². The molecular weight excluding hydrogens is 305 g/mol. The number of nitrogens with one attached hydrogen (secondary N) is 1. The number of nitrogens with zero attached hydrogens (tertiary/aromatic N) is 2. The van der Waals surface area contributed by atoms with Gasteiger partial charge < -0.3 is 9.73 Å². The Morgan fingerprint density at radius 3 is 3.00 bits per heavy atom. The summed E-state index contributed by atoms with van der Waals surface area (Å²) >= 11 is 9.37. The lowest BCUT2D eigenvalue weighted by Gasteiger charge is -1.99. The minimum atomic E-state index is 0.477. The fourth-order valence-corrected chi connectivity index (χ4v) is 1.95. The van der Waals surface area contributed by atoms with Crippen LogP contribution < -0.4 is 5.32 Å². The summed E-state index contributed by atoms with van der Waals surface area (Å²) in [5, 5.41) is 11.7. The normalized spacial score (nSPS) is 10.8. The third-order valence-corrected chi connectivity index (χ3v) is 3.14. The fraction of sp³-hybridized carbons (Fsp3) is 0.273. The zero-order valence-corrected chi connectivity index (χ0v) is 11.5.